The lowest BCUT2D eigenvalue weighted by Crippen LogP contribution is -2.15. The fourth-order valence-corrected chi connectivity index (χ4v) is 3.76. The molecule has 0 radical (unpaired) electrons. The van der Waals surface area contributed by atoms with Crippen molar-refractivity contribution in [2.45, 2.75) is 11.8 Å². The summed E-state index contributed by atoms with van der Waals surface area (Å²) >= 11 is 1.50. The molecular formula is C13H11N3O3S2. The zero-order chi connectivity index (χ0) is 15.0. The summed E-state index contributed by atoms with van der Waals surface area (Å²) in [5, 5.41) is 0.922. The second-order valence-electron chi connectivity index (χ2n) is 4.41. The molecule has 0 aliphatic rings. The van der Waals surface area contributed by atoms with Crippen LogP contribution in [0.15, 0.2) is 46.2 Å². The van der Waals surface area contributed by atoms with E-state index in [1.165, 1.54) is 29.7 Å². The van der Waals surface area contributed by atoms with Crippen LogP contribution in [-0.4, -0.2) is 18.4 Å². The van der Waals surface area contributed by atoms with Gasteiger partial charge >= 0.3 is 0 Å². The van der Waals surface area contributed by atoms with Gasteiger partial charge in [-0.1, -0.05) is 0 Å². The zero-order valence-corrected chi connectivity index (χ0v) is 12.6. The molecule has 0 saturated carbocycles. The first kappa shape index (κ1) is 13.8. The fraction of sp³-hybridized carbons (Fsp3) is 0.0769. The number of fused-ring (bicyclic) bond motifs is 1. The molecule has 0 saturated heterocycles. The molecule has 8 heteroatoms. The van der Waals surface area contributed by atoms with Gasteiger partial charge in [-0.3, -0.25) is 9.52 Å². The monoisotopic (exact) mass is 321 g/mol. The number of thiazole rings is 1. The van der Waals surface area contributed by atoms with E-state index in [-0.39, 0.29) is 10.5 Å². The first-order valence-electron chi connectivity index (χ1n) is 6.03. The Bertz CT molecular complexity index is 953. The van der Waals surface area contributed by atoms with E-state index in [4.69, 9.17) is 0 Å². The van der Waals surface area contributed by atoms with E-state index in [2.05, 4.69) is 14.7 Å². The molecule has 3 rings (SSSR count). The molecule has 0 bridgehead atoms. The predicted molar refractivity (Wildman–Crippen MR) is 82.2 cm³/mol. The van der Waals surface area contributed by atoms with Gasteiger partial charge in [-0.05, 0) is 31.2 Å². The van der Waals surface area contributed by atoms with E-state index in [1.807, 2.05) is 6.92 Å². The van der Waals surface area contributed by atoms with Gasteiger partial charge < -0.3 is 4.98 Å². The molecule has 1 aromatic carbocycles. The first-order chi connectivity index (χ1) is 9.94. The average molecular weight is 321 g/mol. The molecular weight excluding hydrogens is 310 g/mol. The third-order valence-corrected chi connectivity index (χ3v) is 5.13. The topological polar surface area (TPSA) is 91.9 Å². The quantitative estimate of drug-likeness (QED) is 0.772. The molecule has 21 heavy (non-hydrogen) atoms. The number of pyridine rings is 1. The van der Waals surface area contributed by atoms with E-state index in [0.717, 1.165) is 15.2 Å². The number of nitrogens with one attached hydrogen (secondary N) is 2. The van der Waals surface area contributed by atoms with Gasteiger partial charge in [-0.15, -0.1) is 11.3 Å². The Morgan fingerprint density at radius 2 is 2.05 bits per heavy atom. The summed E-state index contributed by atoms with van der Waals surface area (Å²) in [7, 11) is -3.73. The van der Waals surface area contributed by atoms with Crippen LogP contribution in [0, 0.1) is 6.92 Å². The van der Waals surface area contributed by atoms with Crippen LogP contribution in [0.25, 0.3) is 10.2 Å². The van der Waals surface area contributed by atoms with E-state index < -0.39 is 10.0 Å². The second-order valence-corrected chi connectivity index (χ2v) is 7.33. The van der Waals surface area contributed by atoms with Gasteiger partial charge in [0.2, 0.25) is 5.56 Å². The molecule has 108 valence electrons. The summed E-state index contributed by atoms with van der Waals surface area (Å²) in [5.74, 6) is 0. The van der Waals surface area contributed by atoms with E-state index >= 15 is 0 Å². The Kier molecular flexibility index (Phi) is 3.26. The molecule has 2 N–H and O–H groups in total. The van der Waals surface area contributed by atoms with E-state index in [9.17, 15) is 13.2 Å². The van der Waals surface area contributed by atoms with Gasteiger partial charge in [0.15, 0.2) is 0 Å². The Labute approximate surface area is 124 Å². The molecule has 6 nitrogen and oxygen atoms in total. The van der Waals surface area contributed by atoms with Crippen molar-refractivity contribution in [2.24, 2.45) is 0 Å². The molecule has 0 unspecified atom stereocenters. The van der Waals surface area contributed by atoms with Crippen molar-refractivity contribution in [3.05, 3.63) is 51.9 Å². The molecule has 0 amide bonds. The van der Waals surface area contributed by atoms with Crippen molar-refractivity contribution in [3.8, 4) is 0 Å². The standard InChI is InChI=1S/C13H11N3O3S2/c1-8-15-11-4-2-9(6-12(11)20-8)16-21(18,19)10-3-5-13(17)14-7-10/h2-7,16H,1H3,(H,14,17). The number of aryl methyl sites for hydroxylation is 1. The van der Waals surface area contributed by atoms with Crippen molar-refractivity contribution in [2.75, 3.05) is 4.72 Å². The van der Waals surface area contributed by atoms with Crippen molar-refractivity contribution in [1.29, 1.82) is 0 Å². The third-order valence-electron chi connectivity index (χ3n) is 2.81. The van der Waals surface area contributed by atoms with E-state index in [1.54, 1.807) is 18.2 Å². The highest BCUT2D eigenvalue weighted by Gasteiger charge is 2.14. The minimum Gasteiger partial charge on any atom is -0.328 e. The minimum absolute atomic E-state index is 0.00248. The summed E-state index contributed by atoms with van der Waals surface area (Å²) < 4.78 is 27.8. The first-order valence-corrected chi connectivity index (χ1v) is 8.33. The number of hydrogen-bond donors (Lipinski definition) is 2. The zero-order valence-electron chi connectivity index (χ0n) is 11.0. The predicted octanol–water partition coefficient (Wildman–Crippen LogP) is 2.09. The third kappa shape index (κ3) is 2.81. The average Bonchev–Trinajstić information content (AvgIpc) is 2.78. The van der Waals surface area contributed by atoms with Crippen LogP contribution in [-0.2, 0) is 10.0 Å². The van der Waals surface area contributed by atoms with Crippen LogP contribution >= 0.6 is 11.3 Å². The van der Waals surface area contributed by atoms with Crippen LogP contribution < -0.4 is 10.3 Å². The highest BCUT2D eigenvalue weighted by molar-refractivity contribution is 7.92. The molecule has 3 aromatic rings. The summed E-state index contributed by atoms with van der Waals surface area (Å²) in [6.07, 6.45) is 1.17. The number of anilines is 1. The lowest BCUT2D eigenvalue weighted by Gasteiger charge is -2.07. The Balaban J connectivity index is 1.96. The Hall–Kier alpha value is -2.19. The van der Waals surface area contributed by atoms with E-state index in [0.29, 0.717) is 5.69 Å². The highest BCUT2D eigenvalue weighted by atomic mass is 32.2. The van der Waals surface area contributed by atoms with Crippen molar-refractivity contribution in [3.63, 3.8) is 0 Å². The van der Waals surface area contributed by atoms with Gasteiger partial charge in [0.05, 0.1) is 20.9 Å². The smallest absolute Gasteiger partial charge is 0.263 e. The van der Waals surface area contributed by atoms with Crippen LogP contribution in [0.1, 0.15) is 5.01 Å². The van der Waals surface area contributed by atoms with Gasteiger partial charge in [0.1, 0.15) is 4.90 Å². The maximum absolute atomic E-state index is 12.2. The number of rotatable bonds is 3. The maximum atomic E-state index is 12.2. The Morgan fingerprint density at radius 3 is 2.76 bits per heavy atom. The van der Waals surface area contributed by atoms with Gasteiger partial charge in [0, 0.05) is 12.3 Å². The summed E-state index contributed by atoms with van der Waals surface area (Å²) in [6, 6.07) is 7.60. The van der Waals surface area contributed by atoms with Gasteiger partial charge in [-0.2, -0.15) is 0 Å². The summed E-state index contributed by atoms with van der Waals surface area (Å²) in [6.45, 7) is 1.90. The SMILES string of the molecule is Cc1nc2ccc(NS(=O)(=O)c3ccc(=O)[nH]c3)cc2s1. The molecule has 0 spiro atoms. The highest BCUT2D eigenvalue weighted by Crippen LogP contribution is 2.25. The molecule has 2 aromatic heterocycles. The molecule has 0 aliphatic carbocycles. The number of hydrogen-bond acceptors (Lipinski definition) is 5. The Morgan fingerprint density at radius 1 is 1.24 bits per heavy atom. The number of aromatic nitrogens is 2. The summed E-state index contributed by atoms with van der Waals surface area (Å²) in [5.41, 5.74) is 0.942. The minimum atomic E-state index is -3.73. The maximum Gasteiger partial charge on any atom is 0.263 e. The largest absolute Gasteiger partial charge is 0.328 e. The number of H-pyrrole nitrogens is 1. The number of sulfonamides is 1. The normalized spacial score (nSPS) is 11.7. The van der Waals surface area contributed by atoms with Crippen molar-refractivity contribution in [1.82, 2.24) is 9.97 Å². The lowest BCUT2D eigenvalue weighted by atomic mass is 10.3. The summed E-state index contributed by atoms with van der Waals surface area (Å²) in [4.78, 5) is 17.6. The number of aromatic amines is 1. The van der Waals surface area contributed by atoms with Crippen LogP contribution in [0.4, 0.5) is 5.69 Å². The second kappa shape index (κ2) is 4.97. The van der Waals surface area contributed by atoms with Crippen LogP contribution in [0.2, 0.25) is 0 Å². The van der Waals surface area contributed by atoms with Gasteiger partial charge in [-0.25, -0.2) is 13.4 Å². The molecule has 0 fully saturated rings. The number of benzene rings is 1. The fourth-order valence-electron chi connectivity index (χ4n) is 1.88. The number of nitrogens with zero attached hydrogens (tertiary/aromatic N) is 1. The van der Waals surface area contributed by atoms with Crippen LogP contribution in [0.3, 0.4) is 0 Å². The van der Waals surface area contributed by atoms with Crippen molar-refractivity contribution < 1.29 is 8.42 Å². The molecule has 0 atom stereocenters. The molecule has 2 heterocycles. The van der Waals surface area contributed by atoms with Crippen LogP contribution in [0.5, 0.6) is 0 Å². The van der Waals surface area contributed by atoms with Gasteiger partial charge in [0.25, 0.3) is 10.0 Å². The van der Waals surface area contributed by atoms with Crippen molar-refractivity contribution >= 4 is 37.3 Å². The lowest BCUT2D eigenvalue weighted by molar-refractivity contribution is 0.600. The molecule has 0 aliphatic heterocycles.